The van der Waals surface area contributed by atoms with Crippen molar-refractivity contribution in [3.8, 4) is 0 Å². The minimum absolute atomic E-state index is 0.0499. The van der Waals surface area contributed by atoms with Crippen LogP contribution in [0.2, 0.25) is 0 Å². The maximum absolute atomic E-state index is 12.9. The van der Waals surface area contributed by atoms with Crippen molar-refractivity contribution in [3.63, 3.8) is 0 Å². The second kappa shape index (κ2) is 5.42. The van der Waals surface area contributed by atoms with E-state index in [1.54, 1.807) is 7.05 Å². The van der Waals surface area contributed by atoms with Crippen LogP contribution in [0.3, 0.4) is 0 Å². The molecule has 0 aromatic heterocycles. The lowest BCUT2D eigenvalue weighted by Crippen LogP contribution is -2.45. The molecule has 126 valence electrons. The number of hydrogen-bond donors (Lipinski definition) is 0. The van der Waals surface area contributed by atoms with E-state index in [2.05, 4.69) is 13.8 Å². The second-order valence-corrected chi connectivity index (χ2v) is 9.74. The molecule has 0 aliphatic heterocycles. The van der Waals surface area contributed by atoms with Crippen molar-refractivity contribution in [1.82, 2.24) is 4.31 Å². The van der Waals surface area contributed by atoms with Gasteiger partial charge in [0.1, 0.15) is 5.78 Å². The van der Waals surface area contributed by atoms with Gasteiger partial charge in [-0.2, -0.15) is 0 Å². The number of sulfonamides is 1. The molecule has 0 unspecified atom stereocenters. The number of nitrogens with zero attached hydrogens (tertiary/aromatic N) is 1. The molecule has 0 saturated heterocycles. The molecule has 2 bridgehead atoms. The van der Waals surface area contributed by atoms with Gasteiger partial charge in [-0.15, -0.1) is 0 Å². The predicted octanol–water partition coefficient (Wildman–Crippen LogP) is 2.84. The average Bonchev–Trinajstić information content (AvgIpc) is 2.82. The highest BCUT2D eigenvalue weighted by Gasteiger charge is 2.65. The van der Waals surface area contributed by atoms with E-state index in [-0.39, 0.29) is 17.0 Å². The molecule has 1 aromatic rings. The second-order valence-electron chi connectivity index (χ2n) is 7.66. The number of hydrogen-bond acceptors (Lipinski definition) is 3. The molecular weight excluding hydrogens is 310 g/mol. The van der Waals surface area contributed by atoms with Crippen molar-refractivity contribution in [2.45, 2.75) is 39.7 Å². The van der Waals surface area contributed by atoms with E-state index in [1.807, 2.05) is 30.3 Å². The van der Waals surface area contributed by atoms with Gasteiger partial charge in [-0.05, 0) is 29.7 Å². The van der Waals surface area contributed by atoms with Gasteiger partial charge >= 0.3 is 0 Å². The first kappa shape index (κ1) is 16.7. The Morgan fingerprint density at radius 2 is 1.87 bits per heavy atom. The lowest BCUT2D eigenvalue weighted by molar-refractivity contribution is -0.128. The summed E-state index contributed by atoms with van der Waals surface area (Å²) in [6.45, 7) is 4.49. The number of carbonyl (C=O) groups excluding carboxylic acids is 1. The lowest BCUT2D eigenvalue weighted by Gasteiger charge is -2.37. The van der Waals surface area contributed by atoms with Crippen LogP contribution in [0.5, 0.6) is 0 Å². The van der Waals surface area contributed by atoms with E-state index < -0.39 is 15.4 Å². The number of Topliss-reactive ketones (excluding diaryl/α,β-unsaturated/α-hetero) is 1. The minimum atomic E-state index is -3.48. The fourth-order valence-corrected chi connectivity index (χ4v) is 6.33. The Labute approximate surface area is 138 Å². The molecule has 1 aromatic carbocycles. The maximum atomic E-state index is 12.9. The molecule has 0 spiro atoms. The van der Waals surface area contributed by atoms with Gasteiger partial charge in [0.2, 0.25) is 10.0 Å². The molecule has 0 heterocycles. The SMILES string of the molecule is CN(Cc1ccccc1)S(=O)(=O)C[C@]12CC[C@@H](CC1=O)C2(C)C. The Morgan fingerprint density at radius 1 is 1.22 bits per heavy atom. The van der Waals surface area contributed by atoms with Crippen molar-refractivity contribution in [2.24, 2.45) is 16.7 Å². The lowest BCUT2D eigenvalue weighted by atomic mass is 9.70. The van der Waals surface area contributed by atoms with Gasteiger partial charge < -0.3 is 0 Å². The molecule has 23 heavy (non-hydrogen) atoms. The van der Waals surface area contributed by atoms with E-state index >= 15 is 0 Å². The van der Waals surface area contributed by atoms with Gasteiger partial charge in [0, 0.05) is 25.4 Å². The zero-order chi connectivity index (χ0) is 16.9. The van der Waals surface area contributed by atoms with E-state index in [4.69, 9.17) is 0 Å². The third-order valence-electron chi connectivity index (χ3n) is 6.29. The standard InChI is InChI=1S/C18H25NO3S/c1-17(2)15-9-10-18(17,16(20)11-15)13-23(21,22)19(3)12-14-7-5-4-6-8-14/h4-8,15H,9-13H2,1-3H3/t15-,18+/m0/s1. The molecule has 0 radical (unpaired) electrons. The van der Waals surface area contributed by atoms with Crippen LogP contribution < -0.4 is 0 Å². The zero-order valence-corrected chi connectivity index (χ0v) is 14.9. The summed E-state index contributed by atoms with van der Waals surface area (Å²) in [6, 6.07) is 9.55. The fourth-order valence-electron chi connectivity index (χ4n) is 4.47. The summed E-state index contributed by atoms with van der Waals surface area (Å²) < 4.78 is 27.2. The third-order valence-corrected chi connectivity index (χ3v) is 8.23. The predicted molar refractivity (Wildman–Crippen MR) is 90.3 cm³/mol. The van der Waals surface area contributed by atoms with Crippen molar-refractivity contribution in [2.75, 3.05) is 12.8 Å². The summed E-state index contributed by atoms with van der Waals surface area (Å²) in [7, 11) is -1.87. The van der Waals surface area contributed by atoms with Gasteiger partial charge in [-0.1, -0.05) is 44.2 Å². The zero-order valence-electron chi connectivity index (χ0n) is 14.1. The first-order chi connectivity index (χ1) is 10.7. The molecule has 2 atom stereocenters. The van der Waals surface area contributed by atoms with Crippen molar-refractivity contribution in [1.29, 1.82) is 0 Å². The minimum Gasteiger partial charge on any atom is -0.299 e. The molecular formula is C18H25NO3S. The Morgan fingerprint density at radius 3 is 2.39 bits per heavy atom. The van der Waals surface area contributed by atoms with Crippen LogP contribution in [-0.4, -0.2) is 31.3 Å². The van der Waals surface area contributed by atoms with Crippen LogP contribution in [0.1, 0.15) is 38.7 Å². The molecule has 5 heteroatoms. The van der Waals surface area contributed by atoms with Crippen LogP contribution in [0.4, 0.5) is 0 Å². The van der Waals surface area contributed by atoms with Gasteiger partial charge in [-0.25, -0.2) is 12.7 Å². The summed E-state index contributed by atoms with van der Waals surface area (Å²) in [5.74, 6) is 0.436. The maximum Gasteiger partial charge on any atom is 0.215 e. The van der Waals surface area contributed by atoms with Gasteiger partial charge in [0.05, 0.1) is 5.75 Å². The quantitative estimate of drug-likeness (QED) is 0.831. The number of benzene rings is 1. The van der Waals surface area contributed by atoms with Crippen molar-refractivity contribution >= 4 is 15.8 Å². The molecule has 4 nitrogen and oxygen atoms in total. The smallest absolute Gasteiger partial charge is 0.215 e. The monoisotopic (exact) mass is 335 g/mol. The number of fused-ring (bicyclic) bond motifs is 2. The van der Waals surface area contributed by atoms with E-state index in [0.717, 1.165) is 12.0 Å². The first-order valence-corrected chi connectivity index (χ1v) is 9.81. The van der Waals surface area contributed by atoms with Gasteiger partial charge in [0.15, 0.2) is 0 Å². The Kier molecular flexibility index (Phi) is 3.92. The topological polar surface area (TPSA) is 54.5 Å². The van der Waals surface area contributed by atoms with Gasteiger partial charge in [-0.3, -0.25) is 4.79 Å². The summed E-state index contributed by atoms with van der Waals surface area (Å²) >= 11 is 0. The first-order valence-electron chi connectivity index (χ1n) is 8.20. The normalized spacial score (nSPS) is 29.4. The molecule has 3 rings (SSSR count). The number of rotatable bonds is 5. The molecule has 2 saturated carbocycles. The van der Waals surface area contributed by atoms with Crippen LogP contribution in [-0.2, 0) is 21.4 Å². The third kappa shape index (κ3) is 2.54. The summed E-state index contributed by atoms with van der Waals surface area (Å²) in [6.07, 6.45) is 2.23. The molecule has 0 amide bonds. The van der Waals surface area contributed by atoms with Crippen molar-refractivity contribution < 1.29 is 13.2 Å². The highest BCUT2D eigenvalue weighted by atomic mass is 32.2. The number of ketones is 1. The Bertz CT molecular complexity index is 711. The van der Waals surface area contributed by atoms with Crippen molar-refractivity contribution in [3.05, 3.63) is 35.9 Å². The molecule has 2 fully saturated rings. The average molecular weight is 335 g/mol. The molecule has 2 aliphatic rings. The van der Waals surface area contributed by atoms with E-state index in [1.165, 1.54) is 4.31 Å². The van der Waals surface area contributed by atoms with Crippen LogP contribution in [0.15, 0.2) is 30.3 Å². The molecule has 0 N–H and O–H groups in total. The van der Waals surface area contributed by atoms with Crippen LogP contribution in [0, 0.1) is 16.7 Å². The summed E-state index contributed by atoms with van der Waals surface area (Å²) in [4.78, 5) is 12.5. The summed E-state index contributed by atoms with van der Waals surface area (Å²) in [5, 5.41) is 0. The van der Waals surface area contributed by atoms with E-state index in [0.29, 0.717) is 25.3 Å². The van der Waals surface area contributed by atoms with E-state index in [9.17, 15) is 13.2 Å². The molecule has 2 aliphatic carbocycles. The largest absolute Gasteiger partial charge is 0.299 e. The van der Waals surface area contributed by atoms with Gasteiger partial charge in [0.25, 0.3) is 0 Å². The highest BCUT2D eigenvalue weighted by molar-refractivity contribution is 7.89. The highest BCUT2D eigenvalue weighted by Crippen LogP contribution is 2.64. The van der Waals surface area contributed by atoms with Crippen LogP contribution >= 0.6 is 0 Å². The fraction of sp³-hybridized carbons (Fsp3) is 0.611. The Balaban J connectivity index is 1.82. The number of carbonyl (C=O) groups is 1. The Hall–Kier alpha value is -1.20. The van der Waals surface area contributed by atoms with Crippen LogP contribution in [0.25, 0.3) is 0 Å². The summed E-state index contributed by atoms with van der Waals surface area (Å²) in [5.41, 5.74) is 0.0454.